The molecule has 3 rings (SSSR count). The number of amides is 2. The predicted molar refractivity (Wildman–Crippen MR) is 82.8 cm³/mol. The van der Waals surface area contributed by atoms with Crippen LogP contribution in [0.5, 0.6) is 0 Å². The van der Waals surface area contributed by atoms with Crippen molar-refractivity contribution in [1.82, 2.24) is 9.80 Å². The Morgan fingerprint density at radius 3 is 2.05 bits per heavy atom. The van der Waals surface area contributed by atoms with Crippen LogP contribution in [0.15, 0.2) is 28.7 Å². The molecular weight excluding hydrogens is 334 g/mol. The molecule has 1 saturated heterocycles. The van der Waals surface area contributed by atoms with Gasteiger partial charge >= 0.3 is 0 Å². The number of carbonyl (C=O) groups is 2. The second-order valence-corrected chi connectivity index (χ2v) is 6.66. The minimum absolute atomic E-state index is 0.0171. The summed E-state index contributed by atoms with van der Waals surface area (Å²) in [4.78, 5) is 28.1. The number of hydrogen-bond acceptors (Lipinski definition) is 3. The van der Waals surface area contributed by atoms with E-state index in [1.54, 1.807) is 9.80 Å². The van der Waals surface area contributed by atoms with E-state index in [4.69, 9.17) is 5.73 Å². The third-order valence-electron chi connectivity index (χ3n) is 4.16. The summed E-state index contributed by atoms with van der Waals surface area (Å²) < 4.78 is 0.951. The molecule has 6 heteroatoms. The molecule has 1 aromatic rings. The monoisotopic (exact) mass is 351 g/mol. The Hall–Kier alpha value is -1.40. The molecule has 1 aliphatic carbocycles. The van der Waals surface area contributed by atoms with Crippen molar-refractivity contribution in [2.24, 2.45) is 5.73 Å². The van der Waals surface area contributed by atoms with Crippen LogP contribution < -0.4 is 5.73 Å². The van der Waals surface area contributed by atoms with E-state index in [2.05, 4.69) is 15.9 Å². The van der Waals surface area contributed by atoms with Crippen molar-refractivity contribution < 1.29 is 9.59 Å². The first kappa shape index (κ1) is 14.5. The van der Waals surface area contributed by atoms with Crippen LogP contribution in [0.3, 0.4) is 0 Å². The van der Waals surface area contributed by atoms with E-state index >= 15 is 0 Å². The quantitative estimate of drug-likeness (QED) is 0.871. The Morgan fingerprint density at radius 2 is 1.52 bits per heavy atom. The topological polar surface area (TPSA) is 66.6 Å². The van der Waals surface area contributed by atoms with Crippen molar-refractivity contribution in [2.45, 2.75) is 18.4 Å². The summed E-state index contributed by atoms with van der Waals surface area (Å²) in [5.74, 6) is 0.0572. The van der Waals surface area contributed by atoms with Gasteiger partial charge in [0.1, 0.15) is 0 Å². The SMILES string of the molecule is NC1(C(=O)N2CCN(C(=O)c3ccc(Br)cc3)CC2)CC1. The second-order valence-electron chi connectivity index (χ2n) is 5.75. The average molecular weight is 352 g/mol. The zero-order valence-electron chi connectivity index (χ0n) is 11.7. The smallest absolute Gasteiger partial charge is 0.253 e. The fourth-order valence-corrected chi connectivity index (χ4v) is 2.82. The molecule has 0 radical (unpaired) electrons. The summed E-state index contributed by atoms with van der Waals surface area (Å²) in [6, 6.07) is 7.34. The highest BCUT2D eigenvalue weighted by atomic mass is 79.9. The maximum atomic E-state index is 12.4. The Bertz CT molecular complexity index is 561. The number of halogens is 1. The summed E-state index contributed by atoms with van der Waals surface area (Å²) in [5, 5.41) is 0. The van der Waals surface area contributed by atoms with E-state index in [9.17, 15) is 9.59 Å². The first-order chi connectivity index (χ1) is 9.99. The molecule has 2 aliphatic rings. The molecule has 0 atom stereocenters. The van der Waals surface area contributed by atoms with E-state index in [1.165, 1.54) is 0 Å². The Morgan fingerprint density at radius 1 is 1.00 bits per heavy atom. The molecular formula is C15H18BrN3O2. The minimum atomic E-state index is -0.613. The van der Waals surface area contributed by atoms with Crippen molar-refractivity contribution in [3.63, 3.8) is 0 Å². The summed E-state index contributed by atoms with van der Waals surface area (Å²) in [5.41, 5.74) is 6.01. The normalized spacial score (nSPS) is 20.3. The lowest BCUT2D eigenvalue weighted by atomic mass is 10.1. The number of carbonyl (C=O) groups excluding carboxylic acids is 2. The molecule has 0 bridgehead atoms. The first-order valence-corrected chi connectivity index (χ1v) is 7.92. The Kier molecular flexibility index (Phi) is 3.75. The van der Waals surface area contributed by atoms with E-state index in [0.717, 1.165) is 17.3 Å². The van der Waals surface area contributed by atoms with Crippen LogP contribution >= 0.6 is 15.9 Å². The molecule has 0 unspecified atom stereocenters. The lowest BCUT2D eigenvalue weighted by molar-refractivity contribution is -0.135. The van der Waals surface area contributed by atoms with Crippen LogP contribution in [0.1, 0.15) is 23.2 Å². The number of nitrogens with zero attached hydrogens (tertiary/aromatic N) is 2. The van der Waals surface area contributed by atoms with Gasteiger partial charge in [0, 0.05) is 36.2 Å². The first-order valence-electron chi connectivity index (χ1n) is 7.13. The van der Waals surface area contributed by atoms with Gasteiger partial charge in [0.15, 0.2) is 0 Å². The molecule has 1 aliphatic heterocycles. The Balaban J connectivity index is 1.59. The molecule has 2 amide bonds. The lowest BCUT2D eigenvalue weighted by Gasteiger charge is -2.36. The molecule has 1 saturated carbocycles. The minimum Gasteiger partial charge on any atom is -0.338 e. The molecule has 2 fully saturated rings. The number of hydrogen-bond donors (Lipinski definition) is 1. The molecule has 1 heterocycles. The highest BCUT2D eigenvalue weighted by Gasteiger charge is 2.48. The van der Waals surface area contributed by atoms with E-state index < -0.39 is 5.54 Å². The molecule has 21 heavy (non-hydrogen) atoms. The maximum absolute atomic E-state index is 12.4. The van der Waals surface area contributed by atoms with Crippen molar-refractivity contribution in [2.75, 3.05) is 26.2 Å². The lowest BCUT2D eigenvalue weighted by Crippen LogP contribution is -2.55. The van der Waals surface area contributed by atoms with Gasteiger partial charge in [0.2, 0.25) is 5.91 Å². The van der Waals surface area contributed by atoms with E-state index in [-0.39, 0.29) is 11.8 Å². The molecule has 112 valence electrons. The van der Waals surface area contributed by atoms with Gasteiger partial charge in [-0.3, -0.25) is 9.59 Å². The van der Waals surface area contributed by atoms with Gasteiger partial charge in [0.25, 0.3) is 5.91 Å². The fraction of sp³-hybridized carbons (Fsp3) is 0.467. The maximum Gasteiger partial charge on any atom is 0.253 e. The van der Waals surface area contributed by atoms with Gasteiger partial charge in [-0.1, -0.05) is 15.9 Å². The third kappa shape index (κ3) is 2.96. The van der Waals surface area contributed by atoms with Crippen molar-refractivity contribution in [1.29, 1.82) is 0 Å². The number of nitrogens with two attached hydrogens (primary N) is 1. The number of rotatable bonds is 2. The molecule has 0 aromatic heterocycles. The van der Waals surface area contributed by atoms with Gasteiger partial charge in [-0.15, -0.1) is 0 Å². The van der Waals surface area contributed by atoms with Crippen LogP contribution in [-0.2, 0) is 4.79 Å². The van der Waals surface area contributed by atoms with Crippen LogP contribution in [0.2, 0.25) is 0 Å². The summed E-state index contributed by atoms with van der Waals surface area (Å²) in [6.45, 7) is 2.27. The second kappa shape index (κ2) is 5.42. The largest absolute Gasteiger partial charge is 0.338 e. The highest BCUT2D eigenvalue weighted by Crippen LogP contribution is 2.34. The predicted octanol–water partition coefficient (Wildman–Crippen LogP) is 1.22. The number of benzene rings is 1. The van der Waals surface area contributed by atoms with Crippen LogP contribution in [0.25, 0.3) is 0 Å². The van der Waals surface area contributed by atoms with Gasteiger partial charge in [-0.25, -0.2) is 0 Å². The molecule has 1 aromatic carbocycles. The summed E-state index contributed by atoms with van der Waals surface area (Å²) >= 11 is 3.36. The van der Waals surface area contributed by atoms with E-state index in [0.29, 0.717) is 31.7 Å². The highest BCUT2D eigenvalue weighted by molar-refractivity contribution is 9.10. The molecule has 2 N–H and O–H groups in total. The van der Waals surface area contributed by atoms with Crippen molar-refractivity contribution in [3.05, 3.63) is 34.3 Å². The summed E-state index contributed by atoms with van der Waals surface area (Å²) in [6.07, 6.45) is 1.56. The summed E-state index contributed by atoms with van der Waals surface area (Å²) in [7, 11) is 0. The zero-order valence-corrected chi connectivity index (χ0v) is 13.3. The Labute approximate surface area is 132 Å². The zero-order chi connectivity index (χ0) is 15.0. The average Bonchev–Trinajstić information content (AvgIpc) is 3.26. The fourth-order valence-electron chi connectivity index (χ4n) is 2.55. The van der Waals surface area contributed by atoms with Gasteiger partial charge in [-0.05, 0) is 37.1 Å². The van der Waals surface area contributed by atoms with Gasteiger partial charge < -0.3 is 15.5 Å². The van der Waals surface area contributed by atoms with Gasteiger partial charge in [-0.2, -0.15) is 0 Å². The van der Waals surface area contributed by atoms with Crippen molar-refractivity contribution >= 4 is 27.7 Å². The number of piperazine rings is 1. The third-order valence-corrected chi connectivity index (χ3v) is 4.69. The van der Waals surface area contributed by atoms with E-state index in [1.807, 2.05) is 24.3 Å². The molecule has 0 spiro atoms. The molecule has 5 nitrogen and oxygen atoms in total. The standard InChI is InChI=1S/C15H18BrN3O2/c16-12-3-1-11(2-4-12)13(20)18-7-9-19(10-8-18)14(21)15(17)5-6-15/h1-4H,5-10,17H2. The van der Waals surface area contributed by atoms with Gasteiger partial charge in [0.05, 0.1) is 5.54 Å². The van der Waals surface area contributed by atoms with Crippen LogP contribution in [0.4, 0.5) is 0 Å². The van der Waals surface area contributed by atoms with Crippen molar-refractivity contribution in [3.8, 4) is 0 Å². The van der Waals surface area contributed by atoms with Crippen LogP contribution in [0, 0.1) is 0 Å². The van der Waals surface area contributed by atoms with Crippen LogP contribution in [-0.4, -0.2) is 53.3 Å².